The summed E-state index contributed by atoms with van der Waals surface area (Å²) in [7, 11) is 2.51. The Morgan fingerprint density at radius 3 is 2.36 bits per heavy atom. The zero-order valence-corrected chi connectivity index (χ0v) is 14.0. The number of methoxy groups -OCH3 is 1. The van der Waals surface area contributed by atoms with E-state index >= 15 is 0 Å². The van der Waals surface area contributed by atoms with Gasteiger partial charge in [0.1, 0.15) is 5.60 Å². The second kappa shape index (κ2) is 6.60. The predicted octanol–water partition coefficient (Wildman–Crippen LogP) is 4.68. The average molecular weight is 308 g/mol. The Bertz CT molecular complexity index is 703. The molecule has 1 aliphatic carbocycles. The number of allylic oxidation sites excluding steroid dienone is 2. The van der Waals surface area contributed by atoms with Crippen LogP contribution in [0.3, 0.4) is 0 Å². The third-order valence-electron chi connectivity index (χ3n) is 4.19. The molecule has 0 radical (unpaired) electrons. The molecule has 1 aliphatic rings. The topological polar surface area (TPSA) is 9.23 Å². The zero-order chi connectivity index (χ0) is 15.4. The summed E-state index contributed by atoms with van der Waals surface area (Å²) in [6, 6.07) is 19.1. The summed E-state index contributed by atoms with van der Waals surface area (Å²) in [6.07, 6.45) is 7.66. The number of ether oxygens (including phenoxy) is 1. The van der Waals surface area contributed by atoms with Crippen molar-refractivity contribution in [3.63, 3.8) is 0 Å². The van der Waals surface area contributed by atoms with E-state index in [0.717, 1.165) is 6.42 Å². The van der Waals surface area contributed by atoms with Crippen molar-refractivity contribution < 1.29 is 4.74 Å². The van der Waals surface area contributed by atoms with E-state index in [2.05, 4.69) is 79.7 Å². The molecule has 2 aromatic carbocycles. The Balaban J connectivity index is 1.82. The molecule has 0 saturated heterocycles. The quantitative estimate of drug-likeness (QED) is 0.745. The van der Waals surface area contributed by atoms with Crippen molar-refractivity contribution in [1.29, 1.82) is 0 Å². The molecule has 1 nitrogen and oxygen atoms in total. The van der Waals surface area contributed by atoms with Gasteiger partial charge in [0, 0.05) is 13.5 Å². The maximum Gasteiger partial charge on any atom is 0.115 e. The molecule has 2 aromatic rings. The molecule has 112 valence electrons. The van der Waals surface area contributed by atoms with Gasteiger partial charge in [-0.15, -0.1) is 0 Å². The molecule has 2 atom stereocenters. The van der Waals surface area contributed by atoms with Crippen LogP contribution < -0.4 is 5.30 Å². The van der Waals surface area contributed by atoms with Crippen molar-refractivity contribution in [2.45, 2.75) is 18.9 Å². The summed E-state index contributed by atoms with van der Waals surface area (Å²) in [5.41, 5.74) is 2.21. The standard InChI is InChI=1S/C20H21OP/c1-16-8-6-7-11-19(16)20(21-2)14-12-18(13-15-20)22-17-9-4-3-5-10-17/h3-14,22H,15H2,1-2H3. The van der Waals surface area contributed by atoms with Crippen LogP contribution in [-0.4, -0.2) is 7.11 Å². The van der Waals surface area contributed by atoms with Crippen molar-refractivity contribution in [2.24, 2.45) is 0 Å². The maximum absolute atomic E-state index is 5.92. The zero-order valence-electron chi connectivity index (χ0n) is 13.0. The Morgan fingerprint density at radius 2 is 1.73 bits per heavy atom. The first-order chi connectivity index (χ1) is 10.7. The van der Waals surface area contributed by atoms with E-state index in [-0.39, 0.29) is 5.60 Å². The van der Waals surface area contributed by atoms with E-state index in [0.29, 0.717) is 8.58 Å². The molecule has 0 aromatic heterocycles. The van der Waals surface area contributed by atoms with Gasteiger partial charge in [-0.1, -0.05) is 75.3 Å². The summed E-state index contributed by atoms with van der Waals surface area (Å²) in [6.45, 7) is 2.15. The largest absolute Gasteiger partial charge is 0.369 e. The highest BCUT2D eigenvalue weighted by Gasteiger charge is 2.31. The minimum absolute atomic E-state index is 0.323. The van der Waals surface area contributed by atoms with Crippen LogP contribution in [0, 0.1) is 6.92 Å². The molecule has 0 saturated carbocycles. The van der Waals surface area contributed by atoms with E-state index in [1.165, 1.54) is 21.7 Å². The van der Waals surface area contributed by atoms with E-state index in [9.17, 15) is 0 Å². The number of rotatable bonds is 4. The molecular weight excluding hydrogens is 287 g/mol. The van der Waals surface area contributed by atoms with Crippen LogP contribution in [0.15, 0.2) is 78.1 Å². The van der Waals surface area contributed by atoms with Gasteiger partial charge in [-0.2, -0.15) is 0 Å². The molecule has 2 heteroatoms. The third kappa shape index (κ3) is 3.06. The Hall–Kier alpha value is -1.69. The normalized spacial score (nSPS) is 21.3. The Labute approximate surface area is 134 Å². The summed E-state index contributed by atoms with van der Waals surface area (Å²) in [4.78, 5) is 0. The van der Waals surface area contributed by atoms with Gasteiger partial charge in [0.15, 0.2) is 0 Å². The molecule has 22 heavy (non-hydrogen) atoms. The second-order valence-corrected chi connectivity index (χ2v) is 7.00. The van der Waals surface area contributed by atoms with E-state index < -0.39 is 0 Å². The number of hydrogen-bond acceptors (Lipinski definition) is 1. The molecule has 0 N–H and O–H groups in total. The van der Waals surface area contributed by atoms with Gasteiger partial charge in [-0.3, -0.25) is 0 Å². The summed E-state index contributed by atoms with van der Waals surface area (Å²) >= 11 is 0. The minimum atomic E-state index is -0.323. The van der Waals surface area contributed by atoms with Crippen molar-refractivity contribution >= 4 is 13.9 Å². The van der Waals surface area contributed by atoms with Gasteiger partial charge in [-0.05, 0) is 34.7 Å². The van der Waals surface area contributed by atoms with Crippen LogP contribution in [-0.2, 0) is 10.3 Å². The van der Waals surface area contributed by atoms with Gasteiger partial charge < -0.3 is 4.74 Å². The summed E-state index contributed by atoms with van der Waals surface area (Å²) in [5, 5.41) is 2.76. The van der Waals surface area contributed by atoms with Crippen molar-refractivity contribution in [3.8, 4) is 0 Å². The van der Waals surface area contributed by atoms with Gasteiger partial charge >= 0.3 is 0 Å². The molecule has 3 rings (SSSR count). The summed E-state index contributed by atoms with van der Waals surface area (Å²) < 4.78 is 5.92. The van der Waals surface area contributed by atoms with Crippen LogP contribution in [0.25, 0.3) is 0 Å². The molecular formula is C20H21OP. The van der Waals surface area contributed by atoms with Gasteiger partial charge in [0.25, 0.3) is 0 Å². The van der Waals surface area contributed by atoms with E-state index in [1.807, 2.05) is 0 Å². The predicted molar refractivity (Wildman–Crippen MR) is 96.1 cm³/mol. The van der Waals surface area contributed by atoms with Crippen LogP contribution in [0.4, 0.5) is 0 Å². The fourth-order valence-electron chi connectivity index (χ4n) is 2.91. The summed E-state index contributed by atoms with van der Waals surface area (Å²) in [5.74, 6) is 0. The lowest BCUT2D eigenvalue weighted by atomic mass is 9.84. The molecule has 0 fully saturated rings. The molecule has 0 heterocycles. The molecule has 0 spiro atoms. The minimum Gasteiger partial charge on any atom is -0.369 e. The van der Waals surface area contributed by atoms with Crippen LogP contribution in [0.5, 0.6) is 0 Å². The lowest BCUT2D eigenvalue weighted by Gasteiger charge is -2.33. The van der Waals surface area contributed by atoms with Crippen molar-refractivity contribution in [1.82, 2.24) is 0 Å². The fourth-order valence-corrected chi connectivity index (χ4v) is 3.97. The van der Waals surface area contributed by atoms with Crippen LogP contribution in [0.1, 0.15) is 17.5 Å². The second-order valence-electron chi connectivity index (χ2n) is 5.60. The fraction of sp³-hybridized carbons (Fsp3) is 0.200. The lowest BCUT2D eigenvalue weighted by Crippen LogP contribution is -2.27. The van der Waals surface area contributed by atoms with Crippen LogP contribution in [0.2, 0.25) is 0 Å². The highest BCUT2D eigenvalue weighted by atomic mass is 31.1. The maximum atomic E-state index is 5.92. The van der Waals surface area contributed by atoms with E-state index in [4.69, 9.17) is 4.74 Å². The average Bonchev–Trinajstić information content (AvgIpc) is 2.57. The van der Waals surface area contributed by atoms with Crippen molar-refractivity contribution in [3.05, 3.63) is 89.3 Å². The molecule has 0 aliphatic heterocycles. The highest BCUT2D eigenvalue weighted by molar-refractivity contribution is 7.52. The van der Waals surface area contributed by atoms with Gasteiger partial charge in [0.05, 0.1) is 0 Å². The smallest absolute Gasteiger partial charge is 0.115 e. The lowest BCUT2D eigenvalue weighted by molar-refractivity contribution is 0.0301. The third-order valence-corrected chi connectivity index (χ3v) is 5.47. The molecule has 2 unspecified atom stereocenters. The Morgan fingerprint density at radius 1 is 1.00 bits per heavy atom. The monoisotopic (exact) mass is 308 g/mol. The highest BCUT2D eigenvalue weighted by Crippen LogP contribution is 2.39. The molecule has 0 bridgehead atoms. The van der Waals surface area contributed by atoms with Crippen LogP contribution >= 0.6 is 8.58 Å². The van der Waals surface area contributed by atoms with Crippen molar-refractivity contribution in [2.75, 3.05) is 7.11 Å². The number of hydrogen-bond donors (Lipinski definition) is 0. The SMILES string of the molecule is COC1(c2ccccc2C)C=CC(Pc2ccccc2)=CC1. The number of benzene rings is 2. The first-order valence-corrected chi connectivity index (χ1v) is 8.56. The van der Waals surface area contributed by atoms with Gasteiger partial charge in [0.2, 0.25) is 0 Å². The van der Waals surface area contributed by atoms with E-state index in [1.54, 1.807) is 7.11 Å². The molecule has 0 amide bonds. The first kappa shape index (κ1) is 15.2. The first-order valence-electron chi connectivity index (χ1n) is 7.56. The Kier molecular flexibility index (Phi) is 4.57. The van der Waals surface area contributed by atoms with Gasteiger partial charge in [-0.25, -0.2) is 0 Å². The number of aryl methyl sites for hydroxylation is 1.